The van der Waals surface area contributed by atoms with E-state index in [1.54, 1.807) is 11.8 Å². The number of benzene rings is 1. The first-order chi connectivity index (χ1) is 13.3. The number of nitrogens with zero attached hydrogens (tertiary/aromatic N) is 2. The number of nitrogens with one attached hydrogen (secondary N) is 1. The lowest BCUT2D eigenvalue weighted by Crippen LogP contribution is -2.40. The van der Waals surface area contributed by atoms with E-state index in [0.29, 0.717) is 0 Å². The monoisotopic (exact) mass is 383 g/mol. The smallest absolute Gasteiger partial charge is 0.101 e. The second kappa shape index (κ2) is 9.40. The third kappa shape index (κ3) is 4.85. The molecule has 2 fully saturated rings. The van der Waals surface area contributed by atoms with Crippen LogP contribution in [0.2, 0.25) is 0 Å². The lowest BCUT2D eigenvalue weighted by atomic mass is 9.92. The van der Waals surface area contributed by atoms with Crippen LogP contribution in [0.1, 0.15) is 50.5 Å². The molecule has 0 bridgehead atoms. The van der Waals surface area contributed by atoms with Crippen LogP contribution in [0.25, 0.3) is 10.9 Å². The molecule has 0 atom stereocenters. The van der Waals surface area contributed by atoms with E-state index in [1.807, 2.05) is 0 Å². The Morgan fingerprint density at radius 1 is 1.11 bits per heavy atom. The highest BCUT2D eigenvalue weighted by Gasteiger charge is 2.26. The molecule has 1 aromatic carbocycles. The van der Waals surface area contributed by atoms with Crippen molar-refractivity contribution in [2.45, 2.75) is 62.6 Å². The van der Waals surface area contributed by atoms with E-state index >= 15 is 0 Å². The summed E-state index contributed by atoms with van der Waals surface area (Å²) in [5.74, 6) is 0.907. The number of hydrogen-bond donors (Lipinski definition) is 1. The summed E-state index contributed by atoms with van der Waals surface area (Å²) in [7, 11) is 0. The Balaban J connectivity index is 1.23. The highest BCUT2D eigenvalue weighted by molar-refractivity contribution is 7.98. The van der Waals surface area contributed by atoms with Crippen molar-refractivity contribution >= 4 is 22.7 Å². The Labute approximate surface area is 168 Å². The molecule has 2 aromatic rings. The van der Waals surface area contributed by atoms with Crippen molar-refractivity contribution in [1.29, 1.82) is 0 Å². The topological polar surface area (TPSA) is 28.2 Å². The number of likely N-dealkylation sites (tertiary alicyclic amines) is 1. The molecule has 1 aliphatic heterocycles. The highest BCUT2D eigenvalue weighted by atomic mass is 32.2. The zero-order valence-corrected chi connectivity index (χ0v) is 17.4. The van der Waals surface area contributed by atoms with Crippen LogP contribution < -0.4 is 5.32 Å². The number of thioether (sulfide) groups is 1. The first-order valence-corrected chi connectivity index (χ1v) is 11.9. The van der Waals surface area contributed by atoms with Gasteiger partial charge in [-0.25, -0.2) is 4.98 Å². The number of rotatable bonds is 7. The SMILES string of the molecule is CSc1nc2ccccc2cc1CNCCC1CCN(C2CCCC2)CC1. The third-order valence-electron chi connectivity index (χ3n) is 6.49. The molecule has 27 heavy (non-hydrogen) atoms. The number of fused-ring (bicyclic) bond motifs is 1. The molecule has 4 heteroatoms. The van der Waals surface area contributed by atoms with Crippen LogP contribution in [0.3, 0.4) is 0 Å². The minimum atomic E-state index is 0.907. The molecular formula is C23H33N3S. The van der Waals surface area contributed by atoms with Gasteiger partial charge in [0.2, 0.25) is 0 Å². The summed E-state index contributed by atoms with van der Waals surface area (Å²) in [4.78, 5) is 7.61. The molecule has 1 aliphatic carbocycles. The van der Waals surface area contributed by atoms with Gasteiger partial charge in [0, 0.05) is 18.0 Å². The summed E-state index contributed by atoms with van der Waals surface area (Å²) < 4.78 is 0. The molecule has 2 heterocycles. The molecule has 0 unspecified atom stereocenters. The average molecular weight is 384 g/mol. The molecule has 1 aromatic heterocycles. The van der Waals surface area contributed by atoms with Gasteiger partial charge in [-0.05, 0) is 81.6 Å². The van der Waals surface area contributed by atoms with Crippen LogP contribution in [0.4, 0.5) is 0 Å². The van der Waals surface area contributed by atoms with Gasteiger partial charge >= 0.3 is 0 Å². The summed E-state index contributed by atoms with van der Waals surface area (Å²) in [6, 6.07) is 11.6. The Kier molecular flexibility index (Phi) is 6.69. The number of pyridine rings is 1. The van der Waals surface area contributed by atoms with Crippen molar-refractivity contribution in [2.75, 3.05) is 25.9 Å². The normalized spacial score (nSPS) is 19.9. The first-order valence-electron chi connectivity index (χ1n) is 10.7. The van der Waals surface area contributed by atoms with Crippen LogP contribution >= 0.6 is 11.8 Å². The van der Waals surface area contributed by atoms with Crippen LogP contribution in [-0.2, 0) is 6.54 Å². The molecule has 1 saturated carbocycles. The maximum Gasteiger partial charge on any atom is 0.101 e. The molecule has 2 aliphatic rings. The second-order valence-electron chi connectivity index (χ2n) is 8.23. The molecule has 146 valence electrons. The lowest BCUT2D eigenvalue weighted by Gasteiger charge is -2.36. The Morgan fingerprint density at radius 3 is 2.67 bits per heavy atom. The number of para-hydroxylation sites is 1. The fourth-order valence-electron chi connectivity index (χ4n) is 4.85. The third-order valence-corrected chi connectivity index (χ3v) is 7.23. The lowest BCUT2D eigenvalue weighted by molar-refractivity contribution is 0.131. The van der Waals surface area contributed by atoms with Gasteiger partial charge in [-0.3, -0.25) is 0 Å². The van der Waals surface area contributed by atoms with Gasteiger partial charge in [0.15, 0.2) is 0 Å². The minimum absolute atomic E-state index is 0.907. The van der Waals surface area contributed by atoms with Crippen molar-refractivity contribution in [3.05, 3.63) is 35.9 Å². The molecule has 0 radical (unpaired) electrons. The quantitative estimate of drug-likeness (QED) is 0.532. The Morgan fingerprint density at radius 2 is 1.89 bits per heavy atom. The molecule has 4 rings (SSSR count). The zero-order valence-electron chi connectivity index (χ0n) is 16.6. The summed E-state index contributed by atoms with van der Waals surface area (Å²) in [5, 5.41) is 6.09. The van der Waals surface area contributed by atoms with Gasteiger partial charge in [-0.2, -0.15) is 0 Å². The fraction of sp³-hybridized carbons (Fsp3) is 0.609. The van der Waals surface area contributed by atoms with Crippen molar-refractivity contribution in [3.8, 4) is 0 Å². The van der Waals surface area contributed by atoms with Crippen LogP contribution in [-0.4, -0.2) is 41.8 Å². The predicted molar refractivity (Wildman–Crippen MR) is 116 cm³/mol. The molecule has 3 nitrogen and oxygen atoms in total. The van der Waals surface area contributed by atoms with Gasteiger partial charge < -0.3 is 10.2 Å². The van der Waals surface area contributed by atoms with Crippen molar-refractivity contribution in [2.24, 2.45) is 5.92 Å². The highest BCUT2D eigenvalue weighted by Crippen LogP contribution is 2.29. The first kappa shape index (κ1) is 19.2. The largest absolute Gasteiger partial charge is 0.313 e. The second-order valence-corrected chi connectivity index (χ2v) is 9.03. The summed E-state index contributed by atoms with van der Waals surface area (Å²) in [6.07, 6.45) is 12.0. The Bertz CT molecular complexity index is 733. The van der Waals surface area contributed by atoms with E-state index in [4.69, 9.17) is 4.98 Å². The maximum absolute atomic E-state index is 4.83. The van der Waals surface area contributed by atoms with E-state index in [0.717, 1.165) is 35.6 Å². The zero-order chi connectivity index (χ0) is 18.5. The molecule has 0 amide bonds. The predicted octanol–water partition coefficient (Wildman–Crippen LogP) is 5.09. The van der Waals surface area contributed by atoms with Gasteiger partial charge in [0.1, 0.15) is 5.03 Å². The van der Waals surface area contributed by atoms with E-state index < -0.39 is 0 Å². The van der Waals surface area contributed by atoms with Crippen LogP contribution in [0.5, 0.6) is 0 Å². The van der Waals surface area contributed by atoms with Crippen molar-refractivity contribution in [1.82, 2.24) is 15.2 Å². The molecular weight excluding hydrogens is 350 g/mol. The van der Waals surface area contributed by atoms with Crippen molar-refractivity contribution < 1.29 is 0 Å². The maximum atomic E-state index is 4.83. The number of aromatic nitrogens is 1. The van der Waals surface area contributed by atoms with Crippen molar-refractivity contribution in [3.63, 3.8) is 0 Å². The van der Waals surface area contributed by atoms with Crippen LogP contribution in [0, 0.1) is 5.92 Å². The fourth-order valence-corrected chi connectivity index (χ4v) is 5.43. The summed E-state index contributed by atoms with van der Waals surface area (Å²) >= 11 is 1.75. The molecule has 1 N–H and O–H groups in total. The average Bonchev–Trinajstić information content (AvgIpc) is 3.26. The Hall–Kier alpha value is -1.10. The van der Waals surface area contributed by atoms with Crippen LogP contribution in [0.15, 0.2) is 35.4 Å². The standard InChI is InChI=1S/C23H33N3S/c1-27-23-20(16-19-6-2-5-9-22(19)25-23)17-24-13-10-18-11-14-26(15-12-18)21-7-3-4-8-21/h2,5-6,9,16,18,21,24H,3-4,7-8,10-15,17H2,1H3. The summed E-state index contributed by atoms with van der Waals surface area (Å²) in [5.41, 5.74) is 2.43. The van der Waals surface area contributed by atoms with E-state index in [1.165, 1.54) is 69.0 Å². The molecule has 0 spiro atoms. The van der Waals surface area contributed by atoms with Gasteiger partial charge in [-0.15, -0.1) is 11.8 Å². The van der Waals surface area contributed by atoms with Gasteiger partial charge in [0.25, 0.3) is 0 Å². The van der Waals surface area contributed by atoms with E-state index in [2.05, 4.69) is 46.8 Å². The molecule has 1 saturated heterocycles. The van der Waals surface area contributed by atoms with Gasteiger partial charge in [0.05, 0.1) is 5.52 Å². The summed E-state index contributed by atoms with van der Waals surface area (Å²) in [6.45, 7) is 4.71. The minimum Gasteiger partial charge on any atom is -0.313 e. The number of hydrogen-bond acceptors (Lipinski definition) is 4. The van der Waals surface area contributed by atoms with E-state index in [9.17, 15) is 0 Å². The van der Waals surface area contributed by atoms with Gasteiger partial charge in [-0.1, -0.05) is 31.0 Å². The number of piperidine rings is 1. The van der Waals surface area contributed by atoms with E-state index in [-0.39, 0.29) is 0 Å².